The lowest BCUT2D eigenvalue weighted by atomic mass is 10.1. The minimum atomic E-state index is -0.0501. The minimum absolute atomic E-state index is 0. The molecule has 1 amide bonds. The van der Waals surface area contributed by atoms with E-state index < -0.39 is 0 Å². The lowest BCUT2D eigenvalue weighted by Gasteiger charge is -2.12. The van der Waals surface area contributed by atoms with Crippen LogP contribution in [0.25, 0.3) is 0 Å². The maximum absolute atomic E-state index is 12.1. The molecular formula is C17H29IN4O. The number of rotatable bonds is 7. The summed E-state index contributed by atoms with van der Waals surface area (Å²) in [4.78, 5) is 16.4. The molecule has 0 fully saturated rings. The molecule has 23 heavy (non-hydrogen) atoms. The Balaban J connectivity index is 0.00000484. The summed E-state index contributed by atoms with van der Waals surface area (Å²) in [5, 5.41) is 6.08. The zero-order valence-corrected chi connectivity index (χ0v) is 16.8. The van der Waals surface area contributed by atoms with Gasteiger partial charge >= 0.3 is 0 Å². The quantitative estimate of drug-likeness (QED) is 0.352. The van der Waals surface area contributed by atoms with Crippen molar-refractivity contribution in [1.29, 1.82) is 0 Å². The smallest absolute Gasteiger partial charge is 0.251 e. The number of nitrogens with two attached hydrogens (primary N) is 1. The molecule has 0 bridgehead atoms. The summed E-state index contributed by atoms with van der Waals surface area (Å²) >= 11 is 0. The third-order valence-corrected chi connectivity index (χ3v) is 3.62. The molecule has 0 aliphatic heterocycles. The van der Waals surface area contributed by atoms with Crippen molar-refractivity contribution >= 4 is 35.8 Å². The van der Waals surface area contributed by atoms with Gasteiger partial charge in [0.2, 0.25) is 0 Å². The van der Waals surface area contributed by atoms with E-state index in [1.807, 2.05) is 38.1 Å². The zero-order chi connectivity index (χ0) is 16.5. The molecule has 1 rings (SSSR count). The highest BCUT2D eigenvalue weighted by atomic mass is 127. The van der Waals surface area contributed by atoms with Crippen LogP contribution < -0.4 is 16.4 Å². The predicted octanol–water partition coefficient (Wildman–Crippen LogP) is 3.04. The fourth-order valence-corrected chi connectivity index (χ4v) is 1.80. The molecule has 0 saturated carbocycles. The number of hydrogen-bond acceptors (Lipinski definition) is 2. The molecule has 0 aromatic heterocycles. The molecule has 0 spiro atoms. The van der Waals surface area contributed by atoms with Gasteiger partial charge < -0.3 is 16.4 Å². The SMILES string of the molecule is CCC(C)NC(=O)c1cccc(CN=C(N)NC(C)CC)c1.I. The number of amides is 1. The van der Waals surface area contributed by atoms with Crippen LogP contribution in [0, 0.1) is 0 Å². The molecular weight excluding hydrogens is 403 g/mol. The Bertz CT molecular complexity index is 519. The Morgan fingerprint density at radius 3 is 2.39 bits per heavy atom. The summed E-state index contributed by atoms with van der Waals surface area (Å²) < 4.78 is 0. The first-order chi connectivity index (χ1) is 10.5. The van der Waals surface area contributed by atoms with Crippen molar-refractivity contribution in [2.24, 2.45) is 10.7 Å². The average molecular weight is 432 g/mol. The molecule has 130 valence electrons. The second-order valence-corrected chi connectivity index (χ2v) is 5.64. The van der Waals surface area contributed by atoms with E-state index in [-0.39, 0.29) is 35.9 Å². The van der Waals surface area contributed by atoms with Gasteiger partial charge in [0.1, 0.15) is 0 Å². The van der Waals surface area contributed by atoms with Crippen molar-refractivity contribution in [1.82, 2.24) is 10.6 Å². The summed E-state index contributed by atoms with van der Waals surface area (Å²) in [7, 11) is 0. The van der Waals surface area contributed by atoms with Crippen LogP contribution in [0.1, 0.15) is 56.5 Å². The number of carbonyl (C=O) groups is 1. The van der Waals surface area contributed by atoms with Crippen molar-refractivity contribution in [2.75, 3.05) is 0 Å². The van der Waals surface area contributed by atoms with Gasteiger partial charge in [0.15, 0.2) is 5.96 Å². The van der Waals surface area contributed by atoms with Crippen LogP contribution in [0.5, 0.6) is 0 Å². The summed E-state index contributed by atoms with van der Waals surface area (Å²) in [5.41, 5.74) is 7.46. The van der Waals surface area contributed by atoms with E-state index in [4.69, 9.17) is 5.73 Å². The van der Waals surface area contributed by atoms with E-state index in [0.717, 1.165) is 18.4 Å². The highest BCUT2D eigenvalue weighted by molar-refractivity contribution is 14.0. The molecule has 0 heterocycles. The molecule has 0 saturated heterocycles. The van der Waals surface area contributed by atoms with E-state index >= 15 is 0 Å². The van der Waals surface area contributed by atoms with Crippen LogP contribution in [0.2, 0.25) is 0 Å². The van der Waals surface area contributed by atoms with Crippen molar-refractivity contribution in [3.63, 3.8) is 0 Å². The summed E-state index contributed by atoms with van der Waals surface area (Å²) in [5.74, 6) is 0.384. The number of hydrogen-bond donors (Lipinski definition) is 3. The van der Waals surface area contributed by atoms with Crippen LogP contribution in [-0.4, -0.2) is 24.0 Å². The van der Waals surface area contributed by atoms with Gasteiger partial charge in [0.25, 0.3) is 5.91 Å². The largest absolute Gasteiger partial charge is 0.370 e. The maximum atomic E-state index is 12.1. The fraction of sp³-hybridized carbons (Fsp3) is 0.529. The molecule has 0 aliphatic rings. The van der Waals surface area contributed by atoms with Crippen molar-refractivity contribution in [3.8, 4) is 0 Å². The minimum Gasteiger partial charge on any atom is -0.370 e. The second kappa shape index (κ2) is 11.3. The van der Waals surface area contributed by atoms with Gasteiger partial charge in [-0.25, -0.2) is 4.99 Å². The number of halogens is 1. The molecule has 4 N–H and O–H groups in total. The molecule has 1 aromatic rings. The summed E-state index contributed by atoms with van der Waals surface area (Å²) in [6, 6.07) is 7.96. The first-order valence-corrected chi connectivity index (χ1v) is 7.92. The Labute approximate surface area is 156 Å². The van der Waals surface area contributed by atoms with Gasteiger partial charge in [0.05, 0.1) is 6.54 Å². The molecule has 0 radical (unpaired) electrons. The highest BCUT2D eigenvalue weighted by Crippen LogP contribution is 2.07. The first kappa shape index (κ1) is 21.7. The highest BCUT2D eigenvalue weighted by Gasteiger charge is 2.08. The molecule has 1 aromatic carbocycles. The van der Waals surface area contributed by atoms with E-state index in [0.29, 0.717) is 24.1 Å². The third kappa shape index (κ3) is 8.20. The van der Waals surface area contributed by atoms with Crippen LogP contribution >= 0.6 is 24.0 Å². The van der Waals surface area contributed by atoms with Crippen LogP contribution in [0.15, 0.2) is 29.3 Å². The van der Waals surface area contributed by atoms with Gasteiger partial charge in [-0.3, -0.25) is 4.79 Å². The molecule has 2 atom stereocenters. The standard InChI is InChI=1S/C17H28N4O.HI/c1-5-12(3)20-16(22)15-9-7-8-14(10-15)11-19-17(18)21-13(4)6-2;/h7-10,12-13H,5-6,11H2,1-4H3,(H,20,22)(H3,18,19,21);1H. The second-order valence-electron chi connectivity index (χ2n) is 5.64. The predicted molar refractivity (Wildman–Crippen MR) is 107 cm³/mol. The molecule has 5 nitrogen and oxygen atoms in total. The van der Waals surface area contributed by atoms with Gasteiger partial charge in [-0.1, -0.05) is 26.0 Å². The van der Waals surface area contributed by atoms with Crippen LogP contribution in [0.4, 0.5) is 0 Å². The third-order valence-electron chi connectivity index (χ3n) is 3.62. The van der Waals surface area contributed by atoms with Gasteiger partial charge in [-0.2, -0.15) is 0 Å². The number of guanidine groups is 1. The topological polar surface area (TPSA) is 79.5 Å². The van der Waals surface area contributed by atoms with Crippen molar-refractivity contribution < 1.29 is 4.79 Å². The molecule has 6 heteroatoms. The maximum Gasteiger partial charge on any atom is 0.251 e. The van der Waals surface area contributed by atoms with Crippen LogP contribution in [-0.2, 0) is 6.54 Å². The molecule has 0 aliphatic carbocycles. The Kier molecular flexibility index (Phi) is 10.6. The Hall–Kier alpha value is -1.31. The fourth-order valence-electron chi connectivity index (χ4n) is 1.80. The van der Waals surface area contributed by atoms with Gasteiger partial charge in [0, 0.05) is 17.6 Å². The number of nitrogens with zero attached hydrogens (tertiary/aromatic N) is 1. The first-order valence-electron chi connectivity index (χ1n) is 7.92. The molecule has 2 unspecified atom stereocenters. The zero-order valence-electron chi connectivity index (χ0n) is 14.4. The van der Waals surface area contributed by atoms with E-state index in [1.54, 1.807) is 0 Å². The number of benzene rings is 1. The van der Waals surface area contributed by atoms with E-state index in [2.05, 4.69) is 29.5 Å². The van der Waals surface area contributed by atoms with E-state index in [1.165, 1.54) is 0 Å². The monoisotopic (exact) mass is 432 g/mol. The summed E-state index contributed by atoms with van der Waals surface area (Å²) in [6.45, 7) is 8.64. The van der Waals surface area contributed by atoms with E-state index in [9.17, 15) is 4.79 Å². The Morgan fingerprint density at radius 2 is 1.78 bits per heavy atom. The van der Waals surface area contributed by atoms with Crippen molar-refractivity contribution in [2.45, 2.75) is 59.2 Å². The lowest BCUT2D eigenvalue weighted by Crippen LogP contribution is -2.38. The van der Waals surface area contributed by atoms with Crippen molar-refractivity contribution in [3.05, 3.63) is 35.4 Å². The summed E-state index contributed by atoms with van der Waals surface area (Å²) in [6.07, 6.45) is 1.90. The number of carbonyl (C=O) groups excluding carboxylic acids is 1. The average Bonchev–Trinajstić information content (AvgIpc) is 2.52. The van der Waals surface area contributed by atoms with Gasteiger partial charge in [-0.15, -0.1) is 24.0 Å². The number of nitrogens with one attached hydrogen (secondary N) is 2. The van der Waals surface area contributed by atoms with Crippen LogP contribution in [0.3, 0.4) is 0 Å². The Morgan fingerprint density at radius 1 is 1.17 bits per heavy atom. The normalized spacial score (nSPS) is 13.7. The lowest BCUT2D eigenvalue weighted by molar-refractivity contribution is 0.0939. The number of aliphatic imine (C=N–C) groups is 1. The van der Waals surface area contributed by atoms with Gasteiger partial charge in [-0.05, 0) is 44.4 Å².